The molecule has 0 saturated heterocycles. The van der Waals surface area contributed by atoms with Crippen LogP contribution >= 0.6 is 11.9 Å². The molecule has 1 rings (SSSR count). The van der Waals surface area contributed by atoms with E-state index in [2.05, 4.69) is 0 Å². The van der Waals surface area contributed by atoms with E-state index in [9.17, 15) is 18.0 Å². The minimum Gasteiger partial charge on any atom is -0.490 e. The third-order valence-electron chi connectivity index (χ3n) is 1.75. The van der Waals surface area contributed by atoms with Gasteiger partial charge in [-0.1, -0.05) is 12.1 Å². The van der Waals surface area contributed by atoms with E-state index in [1.807, 2.05) is 0 Å². The molecular formula is C11H12F3NO2S. The zero-order chi connectivity index (χ0) is 13.8. The maximum Gasteiger partial charge on any atom is 0.461 e. The van der Waals surface area contributed by atoms with Crippen molar-refractivity contribution in [2.75, 3.05) is 0 Å². The van der Waals surface area contributed by atoms with Crippen LogP contribution in [0.3, 0.4) is 0 Å². The molecule has 0 radical (unpaired) electrons. The molecule has 0 aliphatic carbocycles. The molecule has 0 aliphatic rings. The third-order valence-corrected chi connectivity index (χ3v) is 2.27. The van der Waals surface area contributed by atoms with Crippen LogP contribution in [-0.2, 0) is 0 Å². The highest BCUT2D eigenvalue weighted by Gasteiger charge is 2.30. The second-order valence-corrected chi connectivity index (χ2v) is 4.51. The van der Waals surface area contributed by atoms with E-state index in [1.54, 1.807) is 30.7 Å². The van der Waals surface area contributed by atoms with Gasteiger partial charge in [0, 0.05) is 0 Å². The van der Waals surface area contributed by atoms with Crippen LogP contribution in [0.5, 0.6) is 5.75 Å². The number of amides is 1. The fraction of sp³-hybridized carbons (Fsp3) is 0.364. The minimum absolute atomic E-state index is 0.0722. The largest absolute Gasteiger partial charge is 0.490 e. The first-order valence-corrected chi connectivity index (χ1v) is 5.92. The number of hydrogen-bond donors (Lipinski definition) is 1. The quantitative estimate of drug-likeness (QED) is 0.859. The van der Waals surface area contributed by atoms with Crippen molar-refractivity contribution in [2.45, 2.75) is 25.5 Å². The average Bonchev–Trinajstić information content (AvgIpc) is 2.25. The van der Waals surface area contributed by atoms with Gasteiger partial charge in [0.25, 0.3) is 5.91 Å². The van der Waals surface area contributed by atoms with Gasteiger partial charge in [0.05, 0.1) is 23.6 Å². The molecule has 0 fully saturated rings. The number of ether oxygens (including phenoxy) is 1. The molecular weight excluding hydrogens is 267 g/mol. The van der Waals surface area contributed by atoms with Crippen LogP contribution in [0, 0.1) is 0 Å². The Kier molecular flexibility index (Phi) is 4.89. The van der Waals surface area contributed by atoms with Crippen molar-refractivity contribution in [2.24, 2.45) is 0 Å². The Morgan fingerprint density at radius 3 is 2.50 bits per heavy atom. The van der Waals surface area contributed by atoms with Gasteiger partial charge in [-0.15, -0.1) is 0 Å². The van der Waals surface area contributed by atoms with Crippen LogP contribution in [0.2, 0.25) is 0 Å². The van der Waals surface area contributed by atoms with Crippen molar-refractivity contribution in [3.63, 3.8) is 0 Å². The van der Waals surface area contributed by atoms with Gasteiger partial charge in [-0.25, -0.2) is 0 Å². The van der Waals surface area contributed by atoms with Crippen molar-refractivity contribution in [3.05, 3.63) is 29.8 Å². The third kappa shape index (κ3) is 4.87. The fourth-order valence-corrected chi connectivity index (χ4v) is 1.49. The summed E-state index contributed by atoms with van der Waals surface area (Å²) in [5.74, 6) is -0.582. The summed E-state index contributed by atoms with van der Waals surface area (Å²) < 4.78 is 43.0. The molecule has 0 unspecified atom stereocenters. The number of alkyl halides is 3. The first kappa shape index (κ1) is 14.7. The van der Waals surface area contributed by atoms with Crippen molar-refractivity contribution in [1.82, 2.24) is 4.72 Å². The first-order chi connectivity index (χ1) is 8.29. The summed E-state index contributed by atoms with van der Waals surface area (Å²) in [5.41, 5.74) is -4.44. The van der Waals surface area contributed by atoms with E-state index in [-0.39, 0.29) is 17.4 Å². The van der Waals surface area contributed by atoms with Crippen LogP contribution in [0.15, 0.2) is 24.3 Å². The predicted octanol–water partition coefficient (Wildman–Crippen LogP) is 3.37. The number of nitrogens with one attached hydrogen (secondary N) is 1. The standard InChI is InChI=1S/C11H12F3NO2S/c1-7(2)17-9-6-4-3-5-8(9)10(16)15-18-11(12,13)14/h3-7H,1-2H3,(H,15,16). The summed E-state index contributed by atoms with van der Waals surface area (Å²) in [6.45, 7) is 3.53. The van der Waals surface area contributed by atoms with E-state index < -0.39 is 23.4 Å². The monoisotopic (exact) mass is 279 g/mol. The summed E-state index contributed by atoms with van der Waals surface area (Å²) in [4.78, 5) is 11.6. The molecule has 1 aromatic rings. The number of rotatable bonds is 4. The van der Waals surface area contributed by atoms with E-state index >= 15 is 0 Å². The van der Waals surface area contributed by atoms with E-state index in [0.717, 1.165) is 0 Å². The highest BCUT2D eigenvalue weighted by Crippen LogP contribution is 2.28. The lowest BCUT2D eigenvalue weighted by atomic mass is 10.2. The highest BCUT2D eigenvalue weighted by molar-refractivity contribution is 7.98. The highest BCUT2D eigenvalue weighted by atomic mass is 32.2. The van der Waals surface area contributed by atoms with Gasteiger partial charge in [-0.3, -0.25) is 9.52 Å². The Morgan fingerprint density at radius 1 is 1.33 bits per heavy atom. The van der Waals surface area contributed by atoms with Crippen molar-refractivity contribution < 1.29 is 22.7 Å². The van der Waals surface area contributed by atoms with Crippen LogP contribution in [0.4, 0.5) is 13.2 Å². The normalized spacial score (nSPS) is 11.4. The van der Waals surface area contributed by atoms with Crippen molar-refractivity contribution in [1.29, 1.82) is 0 Å². The molecule has 0 heterocycles. The van der Waals surface area contributed by atoms with Gasteiger partial charge in [-0.2, -0.15) is 13.2 Å². The molecule has 18 heavy (non-hydrogen) atoms. The topological polar surface area (TPSA) is 38.3 Å². The van der Waals surface area contributed by atoms with Gasteiger partial charge in [0.2, 0.25) is 0 Å². The summed E-state index contributed by atoms with van der Waals surface area (Å²) >= 11 is -0.591. The molecule has 3 nitrogen and oxygen atoms in total. The minimum atomic E-state index is -4.51. The molecule has 0 atom stereocenters. The first-order valence-electron chi connectivity index (χ1n) is 5.10. The second-order valence-electron chi connectivity index (χ2n) is 3.64. The molecule has 0 spiro atoms. The molecule has 1 aromatic carbocycles. The molecule has 0 aromatic heterocycles. The lowest BCUT2D eigenvalue weighted by Crippen LogP contribution is -2.22. The van der Waals surface area contributed by atoms with E-state index in [0.29, 0.717) is 0 Å². The van der Waals surface area contributed by atoms with Crippen molar-refractivity contribution in [3.8, 4) is 5.75 Å². The Balaban J connectivity index is 2.79. The van der Waals surface area contributed by atoms with Crippen molar-refractivity contribution >= 4 is 17.9 Å². The maximum absolute atomic E-state index is 12.0. The van der Waals surface area contributed by atoms with Gasteiger partial charge in [-0.05, 0) is 26.0 Å². The zero-order valence-corrected chi connectivity index (χ0v) is 10.6. The molecule has 0 bridgehead atoms. The molecule has 0 saturated carbocycles. The summed E-state index contributed by atoms with van der Waals surface area (Å²) in [7, 11) is 0. The van der Waals surface area contributed by atoms with E-state index in [1.165, 1.54) is 12.1 Å². The Labute approximate surface area is 107 Å². The Hall–Kier alpha value is -1.37. The maximum atomic E-state index is 12.0. The SMILES string of the molecule is CC(C)Oc1ccccc1C(=O)NSC(F)(F)F. The number of hydrogen-bond acceptors (Lipinski definition) is 3. The van der Waals surface area contributed by atoms with Crippen LogP contribution in [0.1, 0.15) is 24.2 Å². The van der Waals surface area contributed by atoms with Crippen LogP contribution in [-0.4, -0.2) is 17.5 Å². The lowest BCUT2D eigenvalue weighted by molar-refractivity contribution is -0.0335. The predicted molar refractivity (Wildman–Crippen MR) is 63.3 cm³/mol. The zero-order valence-electron chi connectivity index (χ0n) is 9.75. The lowest BCUT2D eigenvalue weighted by Gasteiger charge is -2.14. The molecule has 1 amide bonds. The number of carbonyl (C=O) groups excluding carboxylic acids is 1. The smallest absolute Gasteiger partial charge is 0.461 e. The van der Waals surface area contributed by atoms with E-state index in [4.69, 9.17) is 4.74 Å². The average molecular weight is 279 g/mol. The van der Waals surface area contributed by atoms with Gasteiger partial charge in [0.15, 0.2) is 0 Å². The van der Waals surface area contributed by atoms with Crippen LogP contribution < -0.4 is 9.46 Å². The number of para-hydroxylation sites is 1. The van der Waals surface area contributed by atoms with Crippen LogP contribution in [0.25, 0.3) is 0 Å². The number of benzene rings is 1. The summed E-state index contributed by atoms with van der Waals surface area (Å²) in [6.07, 6.45) is -0.172. The fourth-order valence-electron chi connectivity index (χ4n) is 1.17. The van der Waals surface area contributed by atoms with Gasteiger partial charge in [0.1, 0.15) is 5.75 Å². The van der Waals surface area contributed by atoms with Gasteiger partial charge >= 0.3 is 5.51 Å². The van der Waals surface area contributed by atoms with Gasteiger partial charge < -0.3 is 4.74 Å². The number of carbonyl (C=O) groups is 1. The molecule has 100 valence electrons. The summed E-state index contributed by atoms with van der Waals surface area (Å²) in [6, 6.07) is 6.14. The molecule has 7 heteroatoms. The Bertz CT molecular complexity index is 421. The molecule has 0 aliphatic heterocycles. The molecule has 1 N–H and O–H groups in total. The number of halogens is 3. The summed E-state index contributed by atoms with van der Waals surface area (Å²) in [5, 5.41) is 0. The Morgan fingerprint density at radius 2 is 1.94 bits per heavy atom. The second kappa shape index (κ2) is 5.99.